The third kappa shape index (κ3) is 7.46. The van der Waals surface area contributed by atoms with E-state index in [2.05, 4.69) is 33.8 Å². The van der Waals surface area contributed by atoms with E-state index in [-0.39, 0.29) is 90.8 Å². The second-order valence-corrected chi connectivity index (χ2v) is 20.2. The van der Waals surface area contributed by atoms with E-state index in [9.17, 15) is 24.5 Å². The lowest BCUT2D eigenvalue weighted by Crippen LogP contribution is -2.62. The summed E-state index contributed by atoms with van der Waals surface area (Å²) >= 11 is 0.788. The van der Waals surface area contributed by atoms with Crippen LogP contribution >= 0.6 is 11.3 Å². The highest BCUT2D eigenvalue weighted by molar-refractivity contribution is 7.23. The number of fused-ring (bicyclic) bond motifs is 7. The van der Waals surface area contributed by atoms with Gasteiger partial charge in [0.1, 0.15) is 57.8 Å². The van der Waals surface area contributed by atoms with E-state index in [1.54, 1.807) is 25.7 Å². The summed E-state index contributed by atoms with van der Waals surface area (Å²) in [7, 11) is 0. The number of carbonyl (C=O) groups is 2. The van der Waals surface area contributed by atoms with Gasteiger partial charge in [-0.2, -0.15) is 20.5 Å². The van der Waals surface area contributed by atoms with Crippen LogP contribution in [0.3, 0.4) is 0 Å². The monoisotopic (exact) mass is 882 g/mol. The van der Waals surface area contributed by atoms with E-state index < -0.39 is 53.3 Å². The van der Waals surface area contributed by atoms with Crippen LogP contribution in [0.15, 0.2) is 18.7 Å². The number of nitrogens with zero attached hydrogens (tertiary/aromatic N) is 7. The molecule has 330 valence electrons. The maximum absolute atomic E-state index is 18.1. The second-order valence-electron chi connectivity index (χ2n) is 19.2. The number of hydrogen-bond donors (Lipinski definition) is 1. The smallest absolute Gasteiger partial charge is 0.412 e. The molecule has 0 spiro atoms. The van der Waals surface area contributed by atoms with Crippen LogP contribution in [0.25, 0.3) is 37.7 Å². The van der Waals surface area contributed by atoms with Gasteiger partial charge in [-0.15, -0.1) is 11.3 Å². The van der Waals surface area contributed by atoms with Crippen LogP contribution in [-0.4, -0.2) is 99.2 Å². The van der Waals surface area contributed by atoms with Gasteiger partial charge in [0.15, 0.2) is 5.82 Å². The zero-order valence-corrected chi connectivity index (χ0v) is 36.9. The zero-order chi connectivity index (χ0) is 44.9. The van der Waals surface area contributed by atoms with E-state index in [0.717, 1.165) is 36.8 Å². The summed E-state index contributed by atoms with van der Waals surface area (Å²) in [5.74, 6) is -1.34. The molecule has 17 heteroatoms. The molecular weight excluding hydrogens is 834 g/mol. The van der Waals surface area contributed by atoms with E-state index >= 15 is 8.78 Å². The van der Waals surface area contributed by atoms with Gasteiger partial charge in [-0.3, -0.25) is 15.1 Å². The molecule has 13 nitrogen and oxygen atoms in total. The van der Waals surface area contributed by atoms with Crippen molar-refractivity contribution in [3.63, 3.8) is 0 Å². The van der Waals surface area contributed by atoms with Crippen LogP contribution in [-0.2, 0) is 9.47 Å². The molecule has 2 amide bonds. The molecule has 2 aromatic heterocycles. The van der Waals surface area contributed by atoms with Crippen molar-refractivity contribution in [3.8, 4) is 29.3 Å². The van der Waals surface area contributed by atoms with Crippen molar-refractivity contribution < 1.29 is 37.0 Å². The van der Waals surface area contributed by atoms with Gasteiger partial charge in [0.05, 0.1) is 39.3 Å². The van der Waals surface area contributed by atoms with Gasteiger partial charge in [0, 0.05) is 35.6 Å². The van der Waals surface area contributed by atoms with Crippen LogP contribution < -0.4 is 15.0 Å². The van der Waals surface area contributed by atoms with Crippen LogP contribution in [0.5, 0.6) is 6.01 Å². The number of hydrogen-bond acceptors (Lipinski definition) is 12. The molecule has 4 aromatic rings. The predicted octanol–water partition coefficient (Wildman–Crippen LogP) is 9.60. The highest BCUT2D eigenvalue weighted by Crippen LogP contribution is 2.52. The van der Waals surface area contributed by atoms with Gasteiger partial charge < -0.3 is 19.1 Å². The number of alkyl halides is 1. The van der Waals surface area contributed by atoms with Crippen molar-refractivity contribution in [1.82, 2.24) is 19.8 Å². The molecule has 0 radical (unpaired) electrons. The highest BCUT2D eigenvalue weighted by Gasteiger charge is 2.52. The zero-order valence-electron chi connectivity index (χ0n) is 36.1. The van der Waals surface area contributed by atoms with E-state index in [0.29, 0.717) is 43.7 Å². The third-order valence-electron chi connectivity index (χ3n) is 12.7. The Balaban J connectivity index is 1.26. The average molecular weight is 883 g/mol. The molecule has 0 saturated carbocycles. The largest absolute Gasteiger partial charge is 0.458 e. The predicted molar refractivity (Wildman–Crippen MR) is 232 cm³/mol. The Labute approximate surface area is 367 Å². The number of piperazine rings is 1. The minimum Gasteiger partial charge on any atom is -0.458 e. The summed E-state index contributed by atoms with van der Waals surface area (Å²) in [6.45, 7) is 16.3. The lowest BCUT2D eigenvalue weighted by atomic mass is 9.86. The number of carbonyl (C=O) groups excluding carboxylic acids is 2. The quantitative estimate of drug-likeness (QED) is 0.208. The molecule has 2 aromatic carbocycles. The molecule has 63 heavy (non-hydrogen) atoms. The Morgan fingerprint density at radius 2 is 1.67 bits per heavy atom. The molecule has 2 bridgehead atoms. The molecule has 6 atom stereocenters. The Morgan fingerprint density at radius 1 is 0.921 bits per heavy atom. The Hall–Kier alpha value is -5.65. The number of halogens is 3. The van der Waals surface area contributed by atoms with Crippen molar-refractivity contribution in [2.24, 2.45) is 0 Å². The molecule has 5 aliphatic heterocycles. The Morgan fingerprint density at radius 3 is 2.38 bits per heavy atom. The first kappa shape index (κ1) is 42.6. The first-order chi connectivity index (χ1) is 29.8. The lowest BCUT2D eigenvalue weighted by molar-refractivity contribution is 0.00773. The first-order valence-electron chi connectivity index (χ1n) is 21.5. The molecule has 4 saturated heterocycles. The first-order valence-corrected chi connectivity index (χ1v) is 22.3. The average Bonchev–Trinajstić information content (AvgIpc) is 3.80. The summed E-state index contributed by atoms with van der Waals surface area (Å²) in [6, 6.07) is 5.36. The van der Waals surface area contributed by atoms with Gasteiger partial charge in [-0.25, -0.2) is 22.8 Å². The number of rotatable bonds is 4. The topological polar surface area (TPSA) is 157 Å². The minimum atomic E-state index is -1.01. The van der Waals surface area contributed by atoms with Crippen LogP contribution in [0.2, 0.25) is 0 Å². The molecule has 0 aliphatic carbocycles. The minimum absolute atomic E-state index is 0.0104. The molecule has 5 aliphatic rings. The number of anilines is 2. The Bertz CT molecular complexity index is 2680. The number of thiophene rings is 1. The number of nitriles is 2. The second kappa shape index (κ2) is 15.6. The molecule has 9 rings (SSSR count). The summed E-state index contributed by atoms with van der Waals surface area (Å²) in [4.78, 5) is 42.5. The number of aromatic nitrogens is 2. The molecule has 1 N–H and O–H groups in total. The molecule has 7 heterocycles. The number of benzene rings is 2. The van der Waals surface area contributed by atoms with Crippen LogP contribution in [0.1, 0.15) is 103 Å². The third-order valence-corrected chi connectivity index (χ3v) is 13.8. The number of amides is 2. The van der Waals surface area contributed by atoms with Crippen molar-refractivity contribution in [1.29, 1.82) is 10.5 Å². The Kier molecular flexibility index (Phi) is 10.5. The fourth-order valence-corrected chi connectivity index (χ4v) is 11.4. The number of ether oxygens (including phenoxy) is 3. The molecule has 4 fully saturated rings. The SMILES string of the molecule is C=C1C[C@@H]2[C@@H]3CC[C@H](CN2c2nc(OC4CCCCN5C[C@H](F)C[C@@H]45)nc4c(F)c(-c5ccc(F)c6sc(NC(=O)OC(C)(C)C)c(C#N)c56)c(C#N)c1c24)N3C(=O)OC(C)(C)C. The van der Waals surface area contributed by atoms with Gasteiger partial charge in [-0.1, -0.05) is 12.6 Å². The summed E-state index contributed by atoms with van der Waals surface area (Å²) < 4.78 is 66.7. The summed E-state index contributed by atoms with van der Waals surface area (Å²) in [5, 5.41) is 24.5. The van der Waals surface area contributed by atoms with Crippen LogP contribution in [0.4, 0.5) is 33.6 Å². The number of nitrogens with one attached hydrogen (secondary N) is 1. The summed E-state index contributed by atoms with van der Waals surface area (Å²) in [5.41, 5.74) is -1.53. The van der Waals surface area contributed by atoms with Gasteiger partial charge in [0.25, 0.3) is 0 Å². The van der Waals surface area contributed by atoms with E-state index in [4.69, 9.17) is 24.2 Å². The van der Waals surface area contributed by atoms with Crippen molar-refractivity contribution in [2.75, 3.05) is 29.9 Å². The molecule has 1 unspecified atom stereocenters. The highest BCUT2D eigenvalue weighted by atomic mass is 32.1. The van der Waals surface area contributed by atoms with Crippen molar-refractivity contribution >= 4 is 60.9 Å². The standard InChI is InChI=1S/C46H49F3N8O5S/c1-22-16-30-29-14-11-24(57(29)44(59)62-46(5,6)7)21-56(30)40-36-33(22)26(18-50)34(25-12-13-28(48)39-35(25)27(19-51)41(63-39)54-43(58)61-45(2,3)4)37(49)38(36)52-42(53-40)60-32-10-8-9-15-55-20-23(47)17-31(32)55/h12-13,23-24,29-32H,1,8-11,14-17,20-21H2,2-7H3,(H,54,58)/t23-,24-,29+,30-,31+,32?/m1/s1. The molecular formula is C46H49F3N8O5S. The lowest BCUT2D eigenvalue weighted by Gasteiger charge is -2.47. The van der Waals surface area contributed by atoms with Crippen LogP contribution in [0, 0.1) is 34.3 Å². The normalized spacial score (nSPS) is 24.6. The summed E-state index contributed by atoms with van der Waals surface area (Å²) in [6.07, 6.45) is 1.37. The fraction of sp³-hybridized carbons (Fsp3) is 0.522. The van der Waals surface area contributed by atoms with Gasteiger partial charge >= 0.3 is 18.2 Å². The maximum Gasteiger partial charge on any atom is 0.412 e. The van der Waals surface area contributed by atoms with Crippen molar-refractivity contribution in [3.05, 3.63) is 47.0 Å². The fourth-order valence-electron chi connectivity index (χ4n) is 10.4. The van der Waals surface area contributed by atoms with Gasteiger partial charge in [0.2, 0.25) is 0 Å². The van der Waals surface area contributed by atoms with E-state index in [1.165, 1.54) is 6.07 Å². The van der Waals surface area contributed by atoms with E-state index in [1.807, 2.05) is 20.8 Å². The van der Waals surface area contributed by atoms with Gasteiger partial charge in [-0.05, 0) is 110 Å². The maximum atomic E-state index is 18.1. The van der Waals surface area contributed by atoms with Crippen molar-refractivity contribution in [2.45, 2.75) is 134 Å².